The zero-order valence-corrected chi connectivity index (χ0v) is 37.1. The Kier molecular flexibility index (Phi) is 17.4. The quantitative estimate of drug-likeness (QED) is 0.0763. The maximum absolute atomic E-state index is 13.0. The monoisotopic (exact) mass is 867 g/mol. The lowest BCUT2D eigenvalue weighted by molar-refractivity contribution is -0.135. The third-order valence-electron chi connectivity index (χ3n) is 10.2. The number of allylic oxidation sites excluding steroid dienone is 2. The second-order valence-corrected chi connectivity index (χ2v) is 18.0. The molecular formula is C43H58FN7O7S2. The molecule has 2 aromatic carbocycles. The number of likely N-dealkylation sites (tertiary alicyclic amines) is 1. The van der Waals surface area contributed by atoms with Gasteiger partial charge in [-0.05, 0) is 81.2 Å². The number of H-pyrrole nitrogens is 1. The minimum absolute atomic E-state index is 0.00389. The van der Waals surface area contributed by atoms with Gasteiger partial charge in [-0.15, -0.1) is 11.3 Å². The smallest absolute Gasteiger partial charge is 0.303 e. The number of hydrogen-bond acceptors (Lipinski definition) is 10. The van der Waals surface area contributed by atoms with Crippen molar-refractivity contribution in [2.24, 2.45) is 17.6 Å². The summed E-state index contributed by atoms with van der Waals surface area (Å²) < 4.78 is 44.4. The molecule has 1 aliphatic carbocycles. The van der Waals surface area contributed by atoms with Crippen LogP contribution in [0.15, 0.2) is 64.8 Å². The van der Waals surface area contributed by atoms with Crippen LogP contribution in [0.1, 0.15) is 82.9 Å². The summed E-state index contributed by atoms with van der Waals surface area (Å²) in [5.74, 6) is -0.273. The van der Waals surface area contributed by atoms with Crippen LogP contribution in [-0.4, -0.2) is 85.6 Å². The van der Waals surface area contributed by atoms with Gasteiger partial charge in [0.05, 0.1) is 30.6 Å². The van der Waals surface area contributed by atoms with Gasteiger partial charge >= 0.3 is 10.2 Å². The highest BCUT2D eigenvalue weighted by molar-refractivity contribution is 7.87. The van der Waals surface area contributed by atoms with Crippen molar-refractivity contribution in [2.75, 3.05) is 39.6 Å². The number of pyridine rings is 1. The Morgan fingerprint density at radius 2 is 1.92 bits per heavy atom. The summed E-state index contributed by atoms with van der Waals surface area (Å²) in [5.41, 5.74) is 9.32. The van der Waals surface area contributed by atoms with E-state index < -0.39 is 28.1 Å². The van der Waals surface area contributed by atoms with Gasteiger partial charge in [0.25, 0.3) is 0 Å². The molecule has 2 fully saturated rings. The number of carbonyl (C=O) groups is 3. The first kappa shape index (κ1) is 47.5. The van der Waals surface area contributed by atoms with Crippen molar-refractivity contribution in [1.82, 2.24) is 23.9 Å². The first-order valence-corrected chi connectivity index (χ1v) is 22.4. The minimum atomic E-state index is -3.65. The molecule has 326 valence electrons. The molecule has 0 bridgehead atoms. The number of primary amides is 1. The van der Waals surface area contributed by atoms with Gasteiger partial charge in [0.2, 0.25) is 17.7 Å². The maximum atomic E-state index is 13.0. The summed E-state index contributed by atoms with van der Waals surface area (Å²) in [4.78, 5) is 56.7. The second kappa shape index (κ2) is 21.9. The summed E-state index contributed by atoms with van der Waals surface area (Å²) in [5, 5.41) is 6.39. The molecule has 4 aromatic rings. The van der Waals surface area contributed by atoms with E-state index in [1.807, 2.05) is 24.4 Å². The van der Waals surface area contributed by atoms with Gasteiger partial charge in [0.15, 0.2) is 5.43 Å². The lowest BCUT2D eigenvalue weighted by Gasteiger charge is -2.22. The number of aromatic nitrogens is 2. The van der Waals surface area contributed by atoms with E-state index >= 15 is 0 Å². The lowest BCUT2D eigenvalue weighted by Crippen LogP contribution is -2.45. The average Bonchev–Trinajstić information content (AvgIpc) is 3.54. The minimum Gasteiger partial charge on any atom is -0.496 e. The van der Waals surface area contributed by atoms with Gasteiger partial charge in [-0.1, -0.05) is 51.8 Å². The number of aryl methyl sites for hydroxylation is 1. The number of ether oxygens (including phenoxy) is 1. The molecule has 17 heteroatoms. The molecule has 2 aromatic heterocycles. The molecule has 2 aliphatic rings. The van der Waals surface area contributed by atoms with Crippen LogP contribution >= 0.6 is 11.3 Å². The van der Waals surface area contributed by atoms with Crippen LogP contribution < -0.4 is 25.9 Å². The van der Waals surface area contributed by atoms with Crippen molar-refractivity contribution in [3.05, 3.63) is 87.3 Å². The number of halogens is 1. The number of aromatic amines is 1. The highest BCUT2D eigenvalue weighted by atomic mass is 32.2. The zero-order chi connectivity index (χ0) is 44.1. The normalized spacial score (nSPS) is 17.2. The van der Waals surface area contributed by atoms with E-state index in [9.17, 15) is 32.0 Å². The van der Waals surface area contributed by atoms with Crippen LogP contribution in [0.4, 0.5) is 10.1 Å². The fraction of sp³-hybridized carbons (Fsp3) is 0.465. The van der Waals surface area contributed by atoms with Crippen molar-refractivity contribution < 1.29 is 31.9 Å². The van der Waals surface area contributed by atoms with Gasteiger partial charge in [-0.25, -0.2) is 14.1 Å². The van der Waals surface area contributed by atoms with Crippen LogP contribution in [0, 0.1) is 24.6 Å². The summed E-state index contributed by atoms with van der Waals surface area (Å²) in [6, 6.07) is 10.6. The van der Waals surface area contributed by atoms with Crippen LogP contribution in [-0.2, 0) is 24.6 Å². The van der Waals surface area contributed by atoms with Gasteiger partial charge in [-0.3, -0.25) is 19.2 Å². The molecule has 6 rings (SSSR count). The zero-order valence-electron chi connectivity index (χ0n) is 35.4. The van der Waals surface area contributed by atoms with E-state index in [-0.39, 0.29) is 35.5 Å². The standard InChI is InChI=1S/C17H18N2O2S.C13H16FN3O2.C13H24N2O3S/c1-9(2)13-8-22-17(19-13)12-7-14(20)11-5-6-15(21-4)10(3)16(11)18-12;14-9-3-1-4-10(7-9)16-8-12(18)17-6-2-5-11(17)13(15)19;1-4-5-6-7-8-9-11-10-12(11)13(16)14-19(17,18)15(2)3/h5-9H,1-4H3,(H,18,20);1,3-4,7,11,16H,2,5-6,8H2,(H2,15,19);8-9,11-12H,4-7,10H2,1-3H3,(H,14,16)/b;;9-8-/t;11-;11?,12-/m.00/s1. The molecule has 1 aliphatic heterocycles. The molecule has 3 heterocycles. The van der Waals surface area contributed by atoms with Crippen molar-refractivity contribution in [1.29, 1.82) is 0 Å². The molecule has 3 amide bonds. The van der Waals surface area contributed by atoms with Gasteiger partial charge in [0.1, 0.15) is 22.6 Å². The Morgan fingerprint density at radius 3 is 2.55 bits per heavy atom. The van der Waals surface area contributed by atoms with Gasteiger partial charge in [-0.2, -0.15) is 12.7 Å². The fourth-order valence-electron chi connectivity index (χ4n) is 6.49. The van der Waals surface area contributed by atoms with E-state index in [0.717, 1.165) is 56.8 Å². The third kappa shape index (κ3) is 13.2. The topological polar surface area (TPSA) is 197 Å². The highest BCUT2D eigenvalue weighted by Gasteiger charge is 2.42. The maximum Gasteiger partial charge on any atom is 0.303 e. The average molecular weight is 868 g/mol. The predicted molar refractivity (Wildman–Crippen MR) is 236 cm³/mol. The van der Waals surface area contributed by atoms with Crippen molar-refractivity contribution in [3.63, 3.8) is 0 Å². The molecule has 1 unspecified atom stereocenters. The number of fused-ring (bicyclic) bond motifs is 1. The summed E-state index contributed by atoms with van der Waals surface area (Å²) in [6.07, 6.45) is 10.9. The molecule has 14 nitrogen and oxygen atoms in total. The van der Waals surface area contributed by atoms with Crippen LogP contribution in [0.5, 0.6) is 5.75 Å². The Morgan fingerprint density at radius 1 is 1.17 bits per heavy atom. The molecule has 5 N–H and O–H groups in total. The number of anilines is 1. The Labute approximate surface area is 356 Å². The Bertz CT molecular complexity index is 2310. The van der Waals surface area contributed by atoms with Crippen LogP contribution in [0.3, 0.4) is 0 Å². The summed E-state index contributed by atoms with van der Waals surface area (Å²) in [7, 11) is 0.775. The van der Waals surface area contributed by atoms with E-state index in [1.54, 1.807) is 42.7 Å². The van der Waals surface area contributed by atoms with Crippen molar-refractivity contribution in [2.45, 2.75) is 84.6 Å². The Balaban J connectivity index is 0.000000199. The predicted octanol–water partition coefficient (Wildman–Crippen LogP) is 6.49. The number of nitrogens with zero attached hydrogens (tertiary/aromatic N) is 3. The number of hydrogen-bond donors (Lipinski definition) is 4. The lowest BCUT2D eigenvalue weighted by atomic mass is 10.1. The van der Waals surface area contributed by atoms with Crippen molar-refractivity contribution >= 4 is 55.9 Å². The molecule has 60 heavy (non-hydrogen) atoms. The van der Waals surface area contributed by atoms with E-state index in [4.69, 9.17) is 10.5 Å². The number of carbonyl (C=O) groups excluding carboxylic acids is 3. The fourth-order valence-corrected chi connectivity index (χ4v) is 8.04. The van der Waals surface area contributed by atoms with Crippen molar-refractivity contribution in [3.8, 4) is 16.5 Å². The Hall–Kier alpha value is -5.13. The first-order chi connectivity index (χ1) is 28.5. The molecule has 0 radical (unpaired) electrons. The van der Waals surface area contributed by atoms with E-state index in [1.165, 1.54) is 50.4 Å². The number of nitrogens with one attached hydrogen (secondary N) is 3. The second-order valence-electron chi connectivity index (χ2n) is 15.3. The number of nitrogens with two attached hydrogens (primary N) is 1. The van der Waals surface area contributed by atoms with E-state index in [2.05, 4.69) is 46.9 Å². The number of amides is 3. The molecule has 1 saturated heterocycles. The van der Waals surface area contributed by atoms with Crippen LogP contribution in [0.2, 0.25) is 0 Å². The molecule has 3 atom stereocenters. The summed E-state index contributed by atoms with van der Waals surface area (Å²) >= 11 is 1.55. The van der Waals surface area contributed by atoms with Gasteiger partial charge < -0.3 is 25.7 Å². The van der Waals surface area contributed by atoms with E-state index in [0.29, 0.717) is 30.0 Å². The highest BCUT2D eigenvalue weighted by Crippen LogP contribution is 2.40. The number of methoxy groups -OCH3 is 1. The molecule has 0 spiro atoms. The number of thiazole rings is 1. The number of unbranched alkanes of at least 4 members (excludes halogenated alkanes) is 3. The SMILES string of the molecule is CCCCC/C=C\C1C[C@@H]1C(=O)NS(=O)(=O)N(C)C.COc1ccc2c(=O)cc(-c3nc(C(C)C)cs3)[nH]c2c1C.NC(=O)[C@@H]1CCCN1C(=O)CNc1cccc(F)c1. The molecular weight excluding hydrogens is 810 g/mol. The van der Waals surface area contributed by atoms with Gasteiger partial charge in [0, 0.05) is 54.6 Å². The first-order valence-electron chi connectivity index (χ1n) is 20.1. The number of rotatable bonds is 15. The molecule has 1 saturated carbocycles. The largest absolute Gasteiger partial charge is 0.496 e. The number of benzene rings is 2. The third-order valence-corrected chi connectivity index (χ3v) is 12.5. The van der Waals surface area contributed by atoms with Crippen LogP contribution in [0.25, 0.3) is 21.6 Å². The summed E-state index contributed by atoms with van der Waals surface area (Å²) in [6.45, 7) is 8.89.